The fourth-order valence-corrected chi connectivity index (χ4v) is 1.63. The Bertz CT molecular complexity index is 604. The highest BCUT2D eigenvalue weighted by Crippen LogP contribution is 2.25. The SMILES string of the molecule is COC(=O)c1ccnc(-c2ccc(F)cc2Cl)n1. The van der Waals surface area contributed by atoms with Crippen LogP contribution in [0, 0.1) is 5.82 Å². The second-order valence-corrected chi connectivity index (χ2v) is 3.79. The predicted molar refractivity (Wildman–Crippen MR) is 63.8 cm³/mol. The normalized spacial score (nSPS) is 10.2. The van der Waals surface area contributed by atoms with Crippen LogP contribution in [-0.4, -0.2) is 23.0 Å². The summed E-state index contributed by atoms with van der Waals surface area (Å²) >= 11 is 5.89. The molecule has 1 aromatic carbocycles. The summed E-state index contributed by atoms with van der Waals surface area (Å²) in [6.07, 6.45) is 1.41. The molecule has 0 atom stereocenters. The Hall–Kier alpha value is -2.01. The number of carbonyl (C=O) groups excluding carboxylic acids is 1. The number of esters is 1. The molecule has 1 aromatic heterocycles. The van der Waals surface area contributed by atoms with E-state index in [2.05, 4.69) is 14.7 Å². The zero-order valence-electron chi connectivity index (χ0n) is 9.35. The lowest BCUT2D eigenvalue weighted by atomic mass is 10.2. The topological polar surface area (TPSA) is 52.1 Å². The van der Waals surface area contributed by atoms with Gasteiger partial charge < -0.3 is 4.74 Å². The highest BCUT2D eigenvalue weighted by Gasteiger charge is 2.12. The summed E-state index contributed by atoms with van der Waals surface area (Å²) in [5, 5.41) is 0.178. The predicted octanol–water partition coefficient (Wildman–Crippen LogP) is 2.72. The maximum absolute atomic E-state index is 12.9. The quantitative estimate of drug-likeness (QED) is 0.784. The third kappa shape index (κ3) is 2.46. The van der Waals surface area contributed by atoms with Gasteiger partial charge in [-0.2, -0.15) is 0 Å². The maximum Gasteiger partial charge on any atom is 0.356 e. The minimum Gasteiger partial charge on any atom is -0.464 e. The van der Waals surface area contributed by atoms with Gasteiger partial charge in [0.1, 0.15) is 5.82 Å². The standard InChI is InChI=1S/C12H8ClFN2O2/c1-18-12(17)10-4-5-15-11(16-10)8-3-2-7(14)6-9(8)13/h2-6H,1H3. The van der Waals surface area contributed by atoms with E-state index in [-0.39, 0.29) is 16.5 Å². The number of ether oxygens (including phenoxy) is 1. The number of hydrogen-bond donors (Lipinski definition) is 0. The van der Waals surface area contributed by atoms with Crippen molar-refractivity contribution in [3.63, 3.8) is 0 Å². The molecule has 0 radical (unpaired) electrons. The van der Waals surface area contributed by atoms with E-state index < -0.39 is 11.8 Å². The molecule has 18 heavy (non-hydrogen) atoms. The molecule has 0 aliphatic rings. The Morgan fingerprint density at radius 1 is 1.39 bits per heavy atom. The highest BCUT2D eigenvalue weighted by molar-refractivity contribution is 6.33. The van der Waals surface area contributed by atoms with E-state index in [0.29, 0.717) is 5.56 Å². The zero-order valence-corrected chi connectivity index (χ0v) is 10.1. The van der Waals surface area contributed by atoms with Crippen LogP contribution in [-0.2, 0) is 4.74 Å². The van der Waals surface area contributed by atoms with Gasteiger partial charge >= 0.3 is 5.97 Å². The summed E-state index contributed by atoms with van der Waals surface area (Å²) in [6, 6.07) is 5.28. The lowest BCUT2D eigenvalue weighted by Gasteiger charge is -2.04. The van der Waals surface area contributed by atoms with Crippen molar-refractivity contribution in [2.75, 3.05) is 7.11 Å². The fraction of sp³-hybridized carbons (Fsp3) is 0.0833. The minimum absolute atomic E-state index is 0.114. The van der Waals surface area contributed by atoms with Crippen LogP contribution in [0.2, 0.25) is 5.02 Å². The molecule has 0 unspecified atom stereocenters. The van der Waals surface area contributed by atoms with E-state index in [0.717, 1.165) is 6.07 Å². The first kappa shape index (κ1) is 12.4. The summed E-state index contributed by atoms with van der Waals surface area (Å²) in [7, 11) is 1.26. The first-order valence-corrected chi connectivity index (χ1v) is 5.36. The molecule has 0 saturated heterocycles. The van der Waals surface area contributed by atoms with Crippen LogP contribution in [0.3, 0.4) is 0 Å². The highest BCUT2D eigenvalue weighted by atomic mass is 35.5. The molecular weight excluding hydrogens is 259 g/mol. The van der Waals surface area contributed by atoms with Gasteiger partial charge in [0.25, 0.3) is 0 Å². The van der Waals surface area contributed by atoms with Crippen LogP contribution in [0.1, 0.15) is 10.5 Å². The number of hydrogen-bond acceptors (Lipinski definition) is 4. The molecule has 0 spiro atoms. The van der Waals surface area contributed by atoms with Crippen molar-refractivity contribution in [3.05, 3.63) is 47.0 Å². The average Bonchev–Trinajstić information content (AvgIpc) is 2.38. The largest absolute Gasteiger partial charge is 0.464 e. The molecule has 0 bridgehead atoms. The maximum atomic E-state index is 12.9. The van der Waals surface area contributed by atoms with Crippen LogP contribution in [0.5, 0.6) is 0 Å². The van der Waals surface area contributed by atoms with Crippen molar-refractivity contribution >= 4 is 17.6 Å². The van der Waals surface area contributed by atoms with Crippen LogP contribution < -0.4 is 0 Å². The van der Waals surface area contributed by atoms with E-state index in [9.17, 15) is 9.18 Å². The van der Waals surface area contributed by atoms with Gasteiger partial charge in [0.15, 0.2) is 11.5 Å². The van der Waals surface area contributed by atoms with E-state index in [1.807, 2.05) is 0 Å². The van der Waals surface area contributed by atoms with Gasteiger partial charge in [0.05, 0.1) is 12.1 Å². The van der Waals surface area contributed by atoms with Gasteiger partial charge in [-0.3, -0.25) is 0 Å². The summed E-state index contributed by atoms with van der Waals surface area (Å²) in [6.45, 7) is 0. The molecule has 0 fully saturated rings. The van der Waals surface area contributed by atoms with Crippen molar-refractivity contribution < 1.29 is 13.9 Å². The number of carbonyl (C=O) groups is 1. The Morgan fingerprint density at radius 2 is 2.17 bits per heavy atom. The van der Waals surface area contributed by atoms with Crippen molar-refractivity contribution in [3.8, 4) is 11.4 Å². The van der Waals surface area contributed by atoms with Crippen molar-refractivity contribution in [1.29, 1.82) is 0 Å². The molecule has 0 aliphatic carbocycles. The van der Waals surface area contributed by atoms with Gasteiger partial charge in [-0.15, -0.1) is 0 Å². The second kappa shape index (κ2) is 5.10. The van der Waals surface area contributed by atoms with Crippen LogP contribution in [0.15, 0.2) is 30.5 Å². The third-order valence-electron chi connectivity index (χ3n) is 2.22. The van der Waals surface area contributed by atoms with Gasteiger partial charge in [-0.25, -0.2) is 19.2 Å². The van der Waals surface area contributed by atoms with E-state index in [1.54, 1.807) is 0 Å². The van der Waals surface area contributed by atoms with Crippen LogP contribution in [0.25, 0.3) is 11.4 Å². The summed E-state index contributed by atoms with van der Waals surface area (Å²) < 4.78 is 17.5. The summed E-state index contributed by atoms with van der Waals surface area (Å²) in [5.41, 5.74) is 0.562. The first-order chi connectivity index (χ1) is 8.61. The number of aromatic nitrogens is 2. The molecule has 4 nitrogen and oxygen atoms in total. The molecule has 0 amide bonds. The monoisotopic (exact) mass is 266 g/mol. The van der Waals surface area contributed by atoms with E-state index in [1.165, 1.54) is 31.5 Å². The molecule has 2 aromatic rings. The lowest BCUT2D eigenvalue weighted by molar-refractivity contribution is 0.0594. The van der Waals surface area contributed by atoms with Crippen LogP contribution in [0.4, 0.5) is 4.39 Å². The van der Waals surface area contributed by atoms with E-state index >= 15 is 0 Å². The molecule has 0 aliphatic heterocycles. The minimum atomic E-state index is -0.572. The fourth-order valence-electron chi connectivity index (χ4n) is 1.38. The van der Waals surface area contributed by atoms with Gasteiger partial charge in [0.2, 0.25) is 0 Å². The van der Waals surface area contributed by atoms with Crippen molar-refractivity contribution in [2.24, 2.45) is 0 Å². The number of nitrogens with zero attached hydrogens (tertiary/aromatic N) is 2. The Morgan fingerprint density at radius 3 is 2.83 bits per heavy atom. The van der Waals surface area contributed by atoms with Crippen molar-refractivity contribution in [1.82, 2.24) is 9.97 Å². The van der Waals surface area contributed by atoms with E-state index in [4.69, 9.17) is 11.6 Å². The van der Waals surface area contributed by atoms with Crippen LogP contribution >= 0.6 is 11.6 Å². The molecule has 0 saturated carbocycles. The molecular formula is C12H8ClFN2O2. The Kier molecular flexibility index (Phi) is 3.53. The molecule has 2 rings (SSSR count). The second-order valence-electron chi connectivity index (χ2n) is 3.38. The number of rotatable bonds is 2. The number of halogens is 2. The molecule has 92 valence electrons. The van der Waals surface area contributed by atoms with Gasteiger partial charge in [0, 0.05) is 11.8 Å². The molecule has 6 heteroatoms. The summed E-state index contributed by atoms with van der Waals surface area (Å²) in [5.74, 6) is -0.785. The Balaban J connectivity index is 2.48. The first-order valence-electron chi connectivity index (χ1n) is 4.98. The van der Waals surface area contributed by atoms with Crippen molar-refractivity contribution in [2.45, 2.75) is 0 Å². The van der Waals surface area contributed by atoms with Gasteiger partial charge in [-0.1, -0.05) is 11.6 Å². The zero-order chi connectivity index (χ0) is 13.1. The Labute approximate surface area is 107 Å². The number of methoxy groups -OCH3 is 1. The average molecular weight is 267 g/mol. The smallest absolute Gasteiger partial charge is 0.356 e. The summed E-state index contributed by atoms with van der Waals surface area (Å²) in [4.78, 5) is 19.3. The molecule has 1 heterocycles. The molecule has 0 N–H and O–H groups in total. The lowest BCUT2D eigenvalue weighted by Crippen LogP contribution is -2.05. The van der Waals surface area contributed by atoms with Gasteiger partial charge in [-0.05, 0) is 24.3 Å². The number of benzene rings is 1. The third-order valence-corrected chi connectivity index (χ3v) is 2.53.